The van der Waals surface area contributed by atoms with Crippen molar-refractivity contribution in [3.05, 3.63) is 69.5 Å². The zero-order chi connectivity index (χ0) is 28.3. The molecule has 4 heterocycles. The van der Waals surface area contributed by atoms with E-state index in [2.05, 4.69) is 27.5 Å². The van der Waals surface area contributed by atoms with Crippen LogP contribution in [0, 0.1) is 10.1 Å². The summed E-state index contributed by atoms with van der Waals surface area (Å²) in [7, 11) is 0. The third-order valence-electron chi connectivity index (χ3n) is 7.85. The van der Waals surface area contributed by atoms with Crippen LogP contribution in [-0.4, -0.2) is 44.6 Å². The molecule has 0 radical (unpaired) electrons. The Balaban J connectivity index is 1.38. The van der Waals surface area contributed by atoms with Crippen LogP contribution in [-0.2, 0) is 0 Å². The first-order chi connectivity index (χ1) is 20.0. The monoisotopic (exact) mass is 575 g/mol. The van der Waals surface area contributed by atoms with Gasteiger partial charge in [0.2, 0.25) is 5.75 Å². The van der Waals surface area contributed by atoms with Gasteiger partial charge in [-0.2, -0.15) is 0 Å². The van der Waals surface area contributed by atoms with E-state index in [1.54, 1.807) is 12.3 Å². The van der Waals surface area contributed by atoms with E-state index in [1.165, 1.54) is 0 Å². The molecule has 11 heteroatoms. The first kappa shape index (κ1) is 27.4. The first-order valence-electron chi connectivity index (χ1n) is 14.4. The van der Waals surface area contributed by atoms with E-state index in [4.69, 9.17) is 26.3 Å². The summed E-state index contributed by atoms with van der Waals surface area (Å²) in [5.74, 6) is 1.92. The lowest BCUT2D eigenvalue weighted by molar-refractivity contribution is -0.385. The van der Waals surface area contributed by atoms with Gasteiger partial charge < -0.3 is 25.3 Å². The summed E-state index contributed by atoms with van der Waals surface area (Å²) in [5.41, 5.74) is 3.60. The van der Waals surface area contributed by atoms with Crippen molar-refractivity contribution in [3.8, 4) is 39.4 Å². The molecule has 2 fully saturated rings. The van der Waals surface area contributed by atoms with E-state index >= 15 is 0 Å². The van der Waals surface area contributed by atoms with E-state index in [1.807, 2.05) is 30.5 Å². The summed E-state index contributed by atoms with van der Waals surface area (Å²) in [6.07, 6.45) is 9.59. The predicted molar refractivity (Wildman–Crippen MR) is 159 cm³/mol. The fourth-order valence-electron chi connectivity index (χ4n) is 5.68. The van der Waals surface area contributed by atoms with Gasteiger partial charge in [0.05, 0.1) is 51.2 Å². The second kappa shape index (κ2) is 12.0. The van der Waals surface area contributed by atoms with E-state index in [0.29, 0.717) is 29.0 Å². The molecule has 10 nitrogen and oxygen atoms in total. The number of nitrogens with one attached hydrogen (secondary N) is 4. The topological polar surface area (TPSA) is 134 Å². The summed E-state index contributed by atoms with van der Waals surface area (Å²) < 4.78 is 6.13. The number of aromatic amines is 2. The fraction of sp³-hybridized carbons (Fsp3) is 0.400. The van der Waals surface area contributed by atoms with Gasteiger partial charge in [0.15, 0.2) is 0 Å². The van der Waals surface area contributed by atoms with Crippen molar-refractivity contribution in [2.75, 3.05) is 19.7 Å². The molecule has 2 saturated heterocycles. The number of imidazole rings is 2. The Labute approximate surface area is 243 Å². The quantitative estimate of drug-likeness (QED) is 0.0936. The van der Waals surface area contributed by atoms with Gasteiger partial charge in [0.25, 0.3) is 0 Å². The molecular weight excluding hydrogens is 542 g/mol. The minimum absolute atomic E-state index is 0.136. The predicted octanol–water partition coefficient (Wildman–Crippen LogP) is 6.72. The highest BCUT2D eigenvalue weighted by Crippen LogP contribution is 2.48. The Bertz CT molecular complexity index is 1520. The van der Waals surface area contributed by atoms with Crippen LogP contribution in [0.15, 0.2) is 42.7 Å². The number of nitro groups is 1. The van der Waals surface area contributed by atoms with E-state index in [9.17, 15) is 10.1 Å². The van der Waals surface area contributed by atoms with Crippen molar-refractivity contribution in [1.29, 1.82) is 0 Å². The maximum atomic E-state index is 12.6. The molecular formula is C30H34ClN7O3. The average Bonchev–Trinajstić information content (AvgIpc) is 3.80. The number of ether oxygens (including phenoxy) is 1. The lowest BCUT2D eigenvalue weighted by Gasteiger charge is -2.15. The Hall–Kier alpha value is -3.73. The molecule has 2 atom stereocenters. The van der Waals surface area contributed by atoms with Crippen LogP contribution in [0.2, 0.25) is 5.02 Å². The summed E-state index contributed by atoms with van der Waals surface area (Å²) in [5, 5.41) is 19.8. The van der Waals surface area contributed by atoms with Gasteiger partial charge in [-0.3, -0.25) is 10.1 Å². The van der Waals surface area contributed by atoms with Crippen molar-refractivity contribution >= 4 is 17.3 Å². The molecule has 2 aromatic carbocycles. The SMILES string of the molecule is CCCCOc1c(-c2c[nH]c([C@@H]3CCCN3)n2)cc(Cl)c(-c2ccc(-c3c[nH]c([C@@H]4CCCN4)n3)cc2)c1[N+](=O)[O-]. The van der Waals surface area contributed by atoms with Crippen LogP contribution in [0.4, 0.5) is 5.69 Å². The van der Waals surface area contributed by atoms with Crippen molar-refractivity contribution in [3.63, 3.8) is 0 Å². The molecule has 0 amide bonds. The van der Waals surface area contributed by atoms with Crippen molar-refractivity contribution in [1.82, 2.24) is 30.6 Å². The molecule has 0 spiro atoms. The largest absolute Gasteiger partial charge is 0.486 e. The lowest BCUT2D eigenvalue weighted by Crippen LogP contribution is -2.14. The third kappa shape index (κ3) is 5.59. The molecule has 6 rings (SSSR count). The number of hydrogen-bond donors (Lipinski definition) is 4. The highest BCUT2D eigenvalue weighted by atomic mass is 35.5. The second-order valence-corrected chi connectivity index (χ2v) is 11.0. The normalized spacial score (nSPS) is 18.7. The Morgan fingerprint density at radius 1 is 0.976 bits per heavy atom. The molecule has 2 aliphatic heterocycles. The van der Waals surface area contributed by atoms with Gasteiger partial charge in [0, 0.05) is 18.0 Å². The molecule has 4 aromatic rings. The van der Waals surface area contributed by atoms with Crippen LogP contribution in [0.3, 0.4) is 0 Å². The number of benzene rings is 2. The number of hydrogen-bond acceptors (Lipinski definition) is 7. The molecule has 2 aromatic heterocycles. The van der Waals surface area contributed by atoms with Gasteiger partial charge in [-0.25, -0.2) is 9.97 Å². The van der Waals surface area contributed by atoms with Crippen molar-refractivity contribution < 1.29 is 9.66 Å². The van der Waals surface area contributed by atoms with Crippen molar-refractivity contribution in [2.45, 2.75) is 57.5 Å². The summed E-state index contributed by atoms with van der Waals surface area (Å²) in [4.78, 5) is 28.3. The highest BCUT2D eigenvalue weighted by molar-refractivity contribution is 6.34. The zero-order valence-electron chi connectivity index (χ0n) is 23.0. The Kier molecular flexibility index (Phi) is 8.04. The van der Waals surface area contributed by atoms with Gasteiger partial charge in [-0.1, -0.05) is 49.2 Å². The van der Waals surface area contributed by atoms with E-state index in [0.717, 1.165) is 74.5 Å². The number of rotatable bonds is 10. The fourth-order valence-corrected chi connectivity index (χ4v) is 5.99. The van der Waals surface area contributed by atoms with Crippen LogP contribution in [0.1, 0.15) is 69.2 Å². The smallest absolute Gasteiger partial charge is 0.320 e. The molecule has 0 bridgehead atoms. The summed E-state index contributed by atoms with van der Waals surface area (Å²) >= 11 is 6.83. The van der Waals surface area contributed by atoms with Gasteiger partial charge >= 0.3 is 5.69 Å². The number of unbranched alkanes of at least 4 members (excludes halogenated alkanes) is 1. The highest BCUT2D eigenvalue weighted by Gasteiger charge is 2.31. The Morgan fingerprint density at radius 3 is 2.17 bits per heavy atom. The van der Waals surface area contributed by atoms with Gasteiger partial charge in [-0.05, 0) is 56.8 Å². The minimum Gasteiger partial charge on any atom is -0.486 e. The molecule has 41 heavy (non-hydrogen) atoms. The number of nitro benzene ring substituents is 1. The van der Waals surface area contributed by atoms with Crippen LogP contribution < -0.4 is 15.4 Å². The summed E-state index contributed by atoms with van der Waals surface area (Å²) in [6, 6.07) is 9.63. The molecule has 0 saturated carbocycles. The maximum absolute atomic E-state index is 12.6. The first-order valence-corrected chi connectivity index (χ1v) is 14.7. The lowest BCUT2D eigenvalue weighted by atomic mass is 9.97. The molecule has 4 N–H and O–H groups in total. The van der Waals surface area contributed by atoms with Crippen molar-refractivity contribution in [2.24, 2.45) is 0 Å². The van der Waals surface area contributed by atoms with Gasteiger partial charge in [-0.15, -0.1) is 0 Å². The third-order valence-corrected chi connectivity index (χ3v) is 8.15. The van der Waals surface area contributed by atoms with Gasteiger partial charge in [0.1, 0.15) is 11.6 Å². The van der Waals surface area contributed by atoms with Crippen LogP contribution in [0.25, 0.3) is 33.6 Å². The maximum Gasteiger partial charge on any atom is 0.320 e. The number of nitrogens with zero attached hydrogens (tertiary/aromatic N) is 3. The standard InChI is InChI=1S/C30H34ClN7O3/c1-2-3-14-41-28-20(25-17-35-30(37-25)23-7-5-13-33-23)15-21(31)26(27(28)38(39)40)19-10-8-18(9-11-19)24-16-34-29(36-24)22-6-4-12-32-22/h8-11,15-17,22-23,32-33H,2-7,12-14H2,1H3,(H,34,36)(H,35,37)/t22-,23-/m0/s1. The average molecular weight is 576 g/mol. The summed E-state index contributed by atoms with van der Waals surface area (Å²) in [6.45, 7) is 4.34. The number of aromatic nitrogens is 4. The molecule has 0 aliphatic carbocycles. The number of halogens is 1. The van der Waals surface area contributed by atoms with E-state index in [-0.39, 0.29) is 28.5 Å². The number of H-pyrrole nitrogens is 2. The van der Waals surface area contributed by atoms with Crippen LogP contribution >= 0.6 is 11.6 Å². The molecule has 0 unspecified atom stereocenters. The van der Waals surface area contributed by atoms with E-state index < -0.39 is 4.92 Å². The zero-order valence-corrected chi connectivity index (χ0v) is 23.8. The Morgan fingerprint density at radius 2 is 1.59 bits per heavy atom. The second-order valence-electron chi connectivity index (χ2n) is 10.6. The molecule has 214 valence electrons. The van der Waals surface area contributed by atoms with Crippen LogP contribution in [0.5, 0.6) is 5.75 Å². The minimum atomic E-state index is -0.402. The molecule has 2 aliphatic rings.